The van der Waals surface area contributed by atoms with Crippen molar-refractivity contribution in [2.75, 3.05) is 0 Å². The van der Waals surface area contributed by atoms with Gasteiger partial charge in [0.15, 0.2) is 11.6 Å². The Labute approximate surface area is 209 Å². The average molecular weight is 491 g/mol. The highest BCUT2D eigenvalue weighted by atomic mass is 32.1. The maximum atomic E-state index is 13.7. The van der Waals surface area contributed by atoms with Crippen LogP contribution >= 0.6 is 22.7 Å². The topological polar surface area (TPSA) is 59.9 Å². The second-order valence-electron chi connectivity index (χ2n) is 8.10. The minimum absolute atomic E-state index is 0. The van der Waals surface area contributed by atoms with Crippen LogP contribution in [0.25, 0.3) is 41.6 Å². The van der Waals surface area contributed by atoms with Crippen LogP contribution < -0.4 is 0 Å². The molecule has 0 bridgehead atoms. The maximum absolute atomic E-state index is 13.7. The fourth-order valence-electron chi connectivity index (χ4n) is 4.49. The zero-order valence-corrected chi connectivity index (χ0v) is 19.2. The number of fused-ring (bicyclic) bond motifs is 6. The van der Waals surface area contributed by atoms with Gasteiger partial charge in [-0.3, -0.25) is 9.59 Å². The number of nitrogens with zero attached hydrogens (tertiary/aromatic N) is 2. The Balaban J connectivity index is 0.00000229. The zero-order valence-electron chi connectivity index (χ0n) is 17.6. The third-order valence-electron chi connectivity index (χ3n) is 6.10. The van der Waals surface area contributed by atoms with E-state index in [1.807, 2.05) is 72.8 Å². The van der Waals surface area contributed by atoms with Crippen molar-refractivity contribution in [1.29, 1.82) is 0 Å². The molecule has 2 aromatic heterocycles. The first-order valence-corrected chi connectivity index (χ1v) is 12.4. The molecule has 1 aliphatic carbocycles. The fourth-order valence-corrected chi connectivity index (χ4v) is 6.72. The van der Waals surface area contributed by atoms with E-state index in [2.05, 4.69) is 0 Å². The van der Waals surface area contributed by atoms with E-state index in [1.54, 1.807) is 12.1 Å². The van der Waals surface area contributed by atoms with Crippen LogP contribution in [0.2, 0.25) is 0 Å². The standard InChI is InChI=1S/C28H14N2O2S2.CH4/c31-23-18-12-14-20-26(34-28(30-20)16-9-5-2-6-10-16)22(18)24(32)17-11-13-19-25(21(17)23)33-27(29-19)15-7-3-1-4-8-15;/h1-14H;1H4. The molecule has 0 saturated heterocycles. The van der Waals surface area contributed by atoms with Gasteiger partial charge in [0.2, 0.25) is 0 Å². The highest BCUT2D eigenvalue weighted by molar-refractivity contribution is 7.22. The van der Waals surface area contributed by atoms with E-state index < -0.39 is 0 Å². The van der Waals surface area contributed by atoms with E-state index in [1.165, 1.54) is 22.7 Å². The number of hydrogen-bond acceptors (Lipinski definition) is 6. The van der Waals surface area contributed by atoms with Gasteiger partial charge in [-0.15, -0.1) is 22.7 Å². The lowest BCUT2D eigenvalue weighted by Gasteiger charge is -2.18. The van der Waals surface area contributed by atoms with Crippen LogP contribution in [0.3, 0.4) is 0 Å². The van der Waals surface area contributed by atoms with Crippen LogP contribution in [0.1, 0.15) is 39.3 Å². The lowest BCUT2D eigenvalue weighted by molar-refractivity contribution is 0.0982. The Bertz CT molecular complexity index is 1650. The zero-order chi connectivity index (χ0) is 22.8. The summed E-state index contributed by atoms with van der Waals surface area (Å²) in [4.78, 5) is 37.0. The Morgan fingerprint density at radius 1 is 0.514 bits per heavy atom. The molecule has 35 heavy (non-hydrogen) atoms. The molecule has 0 fully saturated rings. The summed E-state index contributed by atoms with van der Waals surface area (Å²) in [5.74, 6) is -0.259. The predicted molar refractivity (Wildman–Crippen MR) is 144 cm³/mol. The van der Waals surface area contributed by atoms with Crippen molar-refractivity contribution in [2.45, 2.75) is 7.43 Å². The first-order chi connectivity index (χ1) is 16.7. The number of ketones is 2. The Morgan fingerprint density at radius 3 is 1.31 bits per heavy atom. The fraction of sp³-hybridized carbons (Fsp3) is 0.0345. The maximum Gasteiger partial charge on any atom is 0.196 e. The number of hydrogen-bond donors (Lipinski definition) is 0. The summed E-state index contributed by atoms with van der Waals surface area (Å²) >= 11 is 2.91. The SMILES string of the molecule is C.O=C1c2ccc3nc(-c4ccccc4)sc3c2C(=O)c2ccc3nc(-c4ccccc4)sc3c21. The summed E-state index contributed by atoms with van der Waals surface area (Å²) < 4.78 is 1.52. The van der Waals surface area contributed by atoms with Crippen LogP contribution in [0.5, 0.6) is 0 Å². The van der Waals surface area contributed by atoms with Gasteiger partial charge in [0.05, 0.1) is 31.6 Å². The lowest BCUT2D eigenvalue weighted by Crippen LogP contribution is -2.21. The van der Waals surface area contributed by atoms with Crippen molar-refractivity contribution in [3.63, 3.8) is 0 Å². The van der Waals surface area contributed by atoms with E-state index in [4.69, 9.17) is 9.97 Å². The quantitative estimate of drug-likeness (QED) is 0.250. The summed E-state index contributed by atoms with van der Waals surface area (Å²) in [6.45, 7) is 0. The molecule has 0 amide bonds. The van der Waals surface area contributed by atoms with Crippen molar-refractivity contribution in [1.82, 2.24) is 9.97 Å². The van der Waals surface area contributed by atoms with Crippen LogP contribution in [0.15, 0.2) is 84.9 Å². The third kappa shape index (κ3) is 3.18. The molecule has 4 aromatic carbocycles. The summed E-state index contributed by atoms with van der Waals surface area (Å²) in [5, 5.41) is 1.67. The second-order valence-corrected chi connectivity index (χ2v) is 10.1. The molecule has 6 heteroatoms. The number of thiazole rings is 2. The highest BCUT2D eigenvalue weighted by Crippen LogP contribution is 2.41. The first-order valence-electron chi connectivity index (χ1n) is 10.8. The Hall–Kier alpha value is -4.00. The van der Waals surface area contributed by atoms with E-state index in [-0.39, 0.29) is 19.0 Å². The molecule has 0 unspecified atom stereocenters. The second kappa shape index (κ2) is 8.05. The van der Waals surface area contributed by atoms with Gasteiger partial charge in [-0.25, -0.2) is 9.97 Å². The summed E-state index contributed by atoms with van der Waals surface area (Å²) in [6.07, 6.45) is 0. The highest BCUT2D eigenvalue weighted by Gasteiger charge is 2.34. The molecule has 0 spiro atoms. The Kier molecular flexibility index (Phi) is 4.95. The molecule has 2 heterocycles. The van der Waals surface area contributed by atoms with Crippen molar-refractivity contribution in [3.8, 4) is 21.1 Å². The van der Waals surface area contributed by atoms with Gasteiger partial charge in [-0.05, 0) is 24.3 Å². The number of aromatic nitrogens is 2. The van der Waals surface area contributed by atoms with Crippen molar-refractivity contribution < 1.29 is 9.59 Å². The summed E-state index contributed by atoms with van der Waals surface area (Å²) in [6, 6.07) is 26.9. The average Bonchev–Trinajstić information content (AvgIpc) is 3.52. The first kappa shape index (κ1) is 21.5. The van der Waals surface area contributed by atoms with Gasteiger partial charge >= 0.3 is 0 Å². The molecule has 0 atom stereocenters. The molecular formula is C29H18N2O2S2. The number of carbonyl (C=O) groups excluding carboxylic acids is 2. The predicted octanol–water partition coefficient (Wildman–Crippen LogP) is 7.65. The number of carbonyl (C=O) groups is 2. The normalized spacial score (nSPS) is 12.5. The van der Waals surface area contributed by atoms with Crippen LogP contribution in [0, 0.1) is 0 Å². The third-order valence-corrected chi connectivity index (χ3v) is 8.38. The van der Waals surface area contributed by atoms with Crippen LogP contribution in [-0.2, 0) is 0 Å². The van der Waals surface area contributed by atoms with Gasteiger partial charge in [0, 0.05) is 22.3 Å². The van der Waals surface area contributed by atoms with Gasteiger partial charge in [-0.2, -0.15) is 0 Å². The van der Waals surface area contributed by atoms with E-state index in [0.717, 1.165) is 41.6 Å². The van der Waals surface area contributed by atoms with E-state index in [0.29, 0.717) is 22.3 Å². The number of rotatable bonds is 2. The van der Waals surface area contributed by atoms with Gasteiger partial charge in [0.1, 0.15) is 10.0 Å². The molecule has 0 saturated carbocycles. The van der Waals surface area contributed by atoms with E-state index >= 15 is 0 Å². The molecule has 1 aliphatic rings. The van der Waals surface area contributed by atoms with Gasteiger partial charge in [-0.1, -0.05) is 68.1 Å². The van der Waals surface area contributed by atoms with Crippen LogP contribution in [0.4, 0.5) is 0 Å². The van der Waals surface area contributed by atoms with Gasteiger partial charge in [0.25, 0.3) is 0 Å². The molecule has 6 aromatic rings. The van der Waals surface area contributed by atoms with Gasteiger partial charge < -0.3 is 0 Å². The van der Waals surface area contributed by atoms with E-state index in [9.17, 15) is 9.59 Å². The minimum Gasteiger partial charge on any atom is -0.289 e. The summed E-state index contributed by atoms with van der Waals surface area (Å²) in [5.41, 5.74) is 5.25. The lowest BCUT2D eigenvalue weighted by atomic mass is 9.84. The van der Waals surface area contributed by atoms with Crippen molar-refractivity contribution in [2.24, 2.45) is 0 Å². The molecular weight excluding hydrogens is 472 g/mol. The number of benzene rings is 4. The molecule has 0 radical (unpaired) electrons. The summed E-state index contributed by atoms with van der Waals surface area (Å²) in [7, 11) is 0. The van der Waals surface area contributed by atoms with Crippen molar-refractivity contribution in [3.05, 3.63) is 107 Å². The minimum atomic E-state index is -0.130. The monoisotopic (exact) mass is 490 g/mol. The molecule has 0 N–H and O–H groups in total. The molecule has 7 rings (SSSR count). The molecule has 4 nitrogen and oxygen atoms in total. The largest absolute Gasteiger partial charge is 0.289 e. The molecule has 168 valence electrons. The Morgan fingerprint density at radius 2 is 0.914 bits per heavy atom. The smallest absolute Gasteiger partial charge is 0.196 e. The van der Waals surface area contributed by atoms with Crippen molar-refractivity contribution >= 4 is 54.7 Å². The molecule has 0 aliphatic heterocycles. The van der Waals surface area contributed by atoms with Crippen LogP contribution in [-0.4, -0.2) is 21.5 Å².